The summed E-state index contributed by atoms with van der Waals surface area (Å²) >= 11 is 6.03. The van der Waals surface area contributed by atoms with E-state index in [1.54, 1.807) is 0 Å². The Bertz CT molecular complexity index is 704. The Morgan fingerprint density at radius 2 is 2.14 bits per heavy atom. The highest BCUT2D eigenvalue weighted by atomic mass is 35.5. The average Bonchev–Trinajstić information content (AvgIpc) is 2.67. The largest absolute Gasteiger partial charge is 0.311 e. The zero-order valence-electron chi connectivity index (χ0n) is 11.2. The third-order valence-electron chi connectivity index (χ3n) is 3.28. The van der Waals surface area contributed by atoms with Gasteiger partial charge < -0.3 is 4.90 Å². The van der Waals surface area contributed by atoms with E-state index in [0.29, 0.717) is 11.3 Å². The van der Waals surface area contributed by atoms with Crippen LogP contribution in [0, 0.1) is 5.92 Å². The molecule has 1 aromatic carbocycles. The molecule has 1 heterocycles. The number of carbonyl (C=O) groups excluding carboxylic acids is 2. The lowest BCUT2D eigenvalue weighted by Crippen LogP contribution is -2.26. The number of benzene rings is 1. The lowest BCUT2D eigenvalue weighted by atomic mass is 10.1. The van der Waals surface area contributed by atoms with Crippen molar-refractivity contribution in [3.8, 4) is 0 Å². The van der Waals surface area contributed by atoms with Crippen LogP contribution in [0.15, 0.2) is 18.2 Å². The average molecular weight is 334 g/mol. The molecule has 0 radical (unpaired) electrons. The van der Waals surface area contributed by atoms with E-state index in [0.717, 1.165) is 0 Å². The first-order valence-corrected chi connectivity index (χ1v) is 8.13. The molecule has 8 heteroatoms. The van der Waals surface area contributed by atoms with E-state index in [1.807, 2.05) is 0 Å². The molecule has 2 rings (SSSR count). The van der Waals surface area contributed by atoms with Gasteiger partial charge in [-0.3, -0.25) is 9.59 Å². The van der Waals surface area contributed by atoms with Gasteiger partial charge in [-0.2, -0.15) is 8.42 Å². The Hall–Kier alpha value is -1.47. The number of hydrogen-bond acceptors (Lipinski definition) is 4. The lowest BCUT2D eigenvalue weighted by molar-refractivity contribution is -0.117. The van der Waals surface area contributed by atoms with Gasteiger partial charge in [0.1, 0.15) is 0 Å². The summed E-state index contributed by atoms with van der Waals surface area (Å²) in [5.41, 5.74) is 0.733. The number of Topliss-reactive ketones (excluding diaryl/α,β-unsaturated/α-hetero) is 1. The number of rotatable bonds is 4. The standard InChI is InChI=1S/C13H13ClFNO4S/c1-8(17)10-2-3-11(14)12(5-10)16-6-9(4-13(16)18)7-21(15,19)20/h2-3,5,9H,4,6-7H2,1H3. The van der Waals surface area contributed by atoms with Crippen molar-refractivity contribution in [3.63, 3.8) is 0 Å². The van der Waals surface area contributed by atoms with Crippen molar-refractivity contribution in [3.05, 3.63) is 28.8 Å². The molecule has 0 bridgehead atoms. The topological polar surface area (TPSA) is 71.5 Å². The Labute approximate surface area is 126 Å². The van der Waals surface area contributed by atoms with Crippen molar-refractivity contribution in [1.82, 2.24) is 0 Å². The Balaban J connectivity index is 2.28. The van der Waals surface area contributed by atoms with E-state index in [9.17, 15) is 21.9 Å². The van der Waals surface area contributed by atoms with Gasteiger partial charge >= 0.3 is 10.2 Å². The summed E-state index contributed by atoms with van der Waals surface area (Å²) in [6.45, 7) is 1.44. The molecule has 1 amide bonds. The van der Waals surface area contributed by atoms with Crippen LogP contribution in [0.2, 0.25) is 5.02 Å². The number of carbonyl (C=O) groups is 2. The van der Waals surface area contributed by atoms with Crippen molar-refractivity contribution in [2.45, 2.75) is 13.3 Å². The van der Waals surface area contributed by atoms with Crippen molar-refractivity contribution in [2.75, 3.05) is 17.2 Å². The van der Waals surface area contributed by atoms with Gasteiger partial charge in [0.05, 0.1) is 16.5 Å². The number of nitrogens with zero attached hydrogens (tertiary/aromatic N) is 1. The fourth-order valence-electron chi connectivity index (χ4n) is 2.35. The third-order valence-corrected chi connectivity index (χ3v) is 4.47. The molecule has 0 aliphatic carbocycles. The van der Waals surface area contributed by atoms with E-state index >= 15 is 0 Å². The molecule has 1 fully saturated rings. The molecule has 1 saturated heterocycles. The van der Waals surface area contributed by atoms with Crippen LogP contribution in [-0.2, 0) is 15.0 Å². The second kappa shape index (κ2) is 5.73. The van der Waals surface area contributed by atoms with E-state index in [-0.39, 0.29) is 29.7 Å². The molecule has 0 aromatic heterocycles. The summed E-state index contributed by atoms with van der Waals surface area (Å²) in [6, 6.07) is 4.52. The molecule has 1 unspecified atom stereocenters. The monoisotopic (exact) mass is 333 g/mol. The van der Waals surface area contributed by atoms with Crippen molar-refractivity contribution in [2.24, 2.45) is 5.92 Å². The molecule has 1 aromatic rings. The maximum Gasteiger partial charge on any atom is 0.302 e. The number of amides is 1. The minimum Gasteiger partial charge on any atom is -0.311 e. The maximum absolute atomic E-state index is 12.7. The minimum absolute atomic E-state index is 0.0586. The molecule has 5 nitrogen and oxygen atoms in total. The molecular weight excluding hydrogens is 321 g/mol. The van der Waals surface area contributed by atoms with E-state index in [4.69, 9.17) is 11.6 Å². The fourth-order valence-corrected chi connectivity index (χ4v) is 3.35. The van der Waals surface area contributed by atoms with E-state index in [1.165, 1.54) is 30.0 Å². The predicted molar refractivity (Wildman–Crippen MR) is 76.8 cm³/mol. The van der Waals surface area contributed by atoms with Crippen LogP contribution in [0.1, 0.15) is 23.7 Å². The van der Waals surface area contributed by atoms with Crippen LogP contribution in [0.25, 0.3) is 0 Å². The molecule has 0 saturated carbocycles. The normalized spacial score (nSPS) is 19.1. The molecular formula is C13H13ClFNO4S. The maximum atomic E-state index is 12.7. The van der Waals surface area contributed by atoms with Gasteiger partial charge in [0.15, 0.2) is 5.78 Å². The third kappa shape index (κ3) is 3.79. The summed E-state index contributed by atoms with van der Waals surface area (Å²) in [4.78, 5) is 24.6. The van der Waals surface area contributed by atoms with Crippen LogP contribution < -0.4 is 4.90 Å². The molecule has 1 atom stereocenters. The van der Waals surface area contributed by atoms with Gasteiger partial charge in [0.25, 0.3) is 0 Å². The quantitative estimate of drug-likeness (QED) is 0.625. The molecule has 1 aliphatic heterocycles. The Morgan fingerprint density at radius 3 is 2.71 bits per heavy atom. The van der Waals surface area contributed by atoms with E-state index in [2.05, 4.69) is 0 Å². The van der Waals surface area contributed by atoms with E-state index < -0.39 is 21.9 Å². The molecule has 1 aliphatic rings. The first-order chi connectivity index (χ1) is 9.67. The van der Waals surface area contributed by atoms with Gasteiger partial charge in [-0.25, -0.2) is 0 Å². The summed E-state index contributed by atoms with van der Waals surface area (Å²) in [5.74, 6) is -1.84. The van der Waals surface area contributed by atoms with Crippen LogP contribution in [0.5, 0.6) is 0 Å². The van der Waals surface area contributed by atoms with Crippen molar-refractivity contribution in [1.29, 1.82) is 0 Å². The van der Waals surface area contributed by atoms with Crippen molar-refractivity contribution < 1.29 is 21.9 Å². The van der Waals surface area contributed by atoms with Crippen LogP contribution in [0.4, 0.5) is 9.57 Å². The van der Waals surface area contributed by atoms with Crippen LogP contribution in [0.3, 0.4) is 0 Å². The predicted octanol–water partition coefficient (Wildman–Crippen LogP) is 2.19. The van der Waals surface area contributed by atoms with Crippen molar-refractivity contribution >= 4 is 39.2 Å². The van der Waals surface area contributed by atoms with Gasteiger partial charge in [0, 0.05) is 24.4 Å². The summed E-state index contributed by atoms with van der Waals surface area (Å²) in [5, 5.41) is 0.275. The lowest BCUT2D eigenvalue weighted by Gasteiger charge is -2.18. The van der Waals surface area contributed by atoms with Gasteiger partial charge in [-0.1, -0.05) is 11.6 Å². The van der Waals surface area contributed by atoms with Gasteiger partial charge in [0.2, 0.25) is 5.91 Å². The highest BCUT2D eigenvalue weighted by Gasteiger charge is 2.34. The first kappa shape index (κ1) is 15.9. The van der Waals surface area contributed by atoms with Gasteiger partial charge in [-0.05, 0) is 25.1 Å². The SMILES string of the molecule is CC(=O)c1ccc(Cl)c(N2CC(CS(=O)(=O)F)CC2=O)c1. The second-order valence-electron chi connectivity index (χ2n) is 5.00. The highest BCUT2D eigenvalue weighted by Crippen LogP contribution is 2.32. The Morgan fingerprint density at radius 1 is 1.48 bits per heavy atom. The zero-order valence-corrected chi connectivity index (χ0v) is 12.7. The smallest absolute Gasteiger partial charge is 0.302 e. The highest BCUT2D eigenvalue weighted by molar-refractivity contribution is 7.86. The first-order valence-electron chi connectivity index (χ1n) is 6.20. The second-order valence-corrected chi connectivity index (χ2v) is 6.82. The molecule has 21 heavy (non-hydrogen) atoms. The number of anilines is 1. The number of ketones is 1. The summed E-state index contributed by atoms with van der Waals surface area (Å²) in [6.07, 6.45) is -0.0657. The fraction of sp³-hybridized carbons (Fsp3) is 0.385. The molecule has 114 valence electrons. The number of hydrogen-bond donors (Lipinski definition) is 0. The summed E-state index contributed by atoms with van der Waals surface area (Å²) in [7, 11) is -4.63. The van der Waals surface area contributed by atoms with Crippen LogP contribution in [-0.4, -0.2) is 32.4 Å². The molecule has 0 spiro atoms. The van der Waals surface area contributed by atoms with Crippen LogP contribution >= 0.6 is 11.6 Å². The van der Waals surface area contributed by atoms with Gasteiger partial charge in [-0.15, -0.1) is 3.89 Å². The Kier molecular flexibility index (Phi) is 4.34. The number of halogens is 2. The molecule has 0 N–H and O–H groups in total. The summed E-state index contributed by atoms with van der Waals surface area (Å²) < 4.78 is 34.1. The zero-order chi connectivity index (χ0) is 15.8. The minimum atomic E-state index is -4.63.